The molecule has 1 amide bonds. The van der Waals surface area contributed by atoms with Crippen molar-refractivity contribution in [1.82, 2.24) is 10.2 Å². The highest BCUT2D eigenvalue weighted by atomic mass is 16.6. The van der Waals surface area contributed by atoms with Gasteiger partial charge in [0.15, 0.2) is 0 Å². The molecule has 0 unspecified atom stereocenters. The zero-order valence-corrected chi connectivity index (χ0v) is 10.5. The van der Waals surface area contributed by atoms with Gasteiger partial charge in [0.05, 0.1) is 0 Å². The van der Waals surface area contributed by atoms with Crippen LogP contribution in [0.15, 0.2) is 0 Å². The summed E-state index contributed by atoms with van der Waals surface area (Å²) in [5.41, 5.74) is 0. The van der Waals surface area contributed by atoms with Gasteiger partial charge in [-0.25, -0.2) is 4.79 Å². The van der Waals surface area contributed by atoms with Crippen molar-refractivity contribution in [3.8, 4) is 0 Å². The lowest BCUT2D eigenvalue weighted by Crippen LogP contribution is -2.47. The zero-order chi connectivity index (χ0) is 11.8. The lowest BCUT2D eigenvalue weighted by molar-refractivity contribution is 0.0515. The Labute approximate surface area is 98.3 Å². The number of ether oxygens (including phenoxy) is 1. The number of hydrogen-bond acceptors (Lipinski definition) is 3. The van der Waals surface area contributed by atoms with Gasteiger partial charge in [-0.1, -0.05) is 26.7 Å². The first-order chi connectivity index (χ1) is 7.77. The number of carbonyl (C=O) groups excluding carboxylic acids is 1. The summed E-state index contributed by atoms with van der Waals surface area (Å²) in [7, 11) is 0. The molecule has 0 saturated carbocycles. The van der Waals surface area contributed by atoms with Gasteiger partial charge >= 0.3 is 6.09 Å². The number of piperazine rings is 1. The van der Waals surface area contributed by atoms with Gasteiger partial charge in [-0.15, -0.1) is 0 Å². The fourth-order valence-corrected chi connectivity index (χ4v) is 1.97. The second kappa shape index (κ2) is 7.49. The van der Waals surface area contributed by atoms with E-state index in [1.54, 1.807) is 4.90 Å². The predicted molar refractivity (Wildman–Crippen MR) is 64.5 cm³/mol. The molecule has 1 aliphatic heterocycles. The Bertz CT molecular complexity index is 197. The molecule has 0 atom stereocenters. The monoisotopic (exact) mass is 228 g/mol. The van der Waals surface area contributed by atoms with Crippen LogP contribution in [0.4, 0.5) is 4.79 Å². The first kappa shape index (κ1) is 13.3. The summed E-state index contributed by atoms with van der Waals surface area (Å²) in [6, 6.07) is 0. The summed E-state index contributed by atoms with van der Waals surface area (Å²) < 4.78 is 5.53. The van der Waals surface area contributed by atoms with Crippen LogP contribution in [0.2, 0.25) is 0 Å². The molecule has 1 fully saturated rings. The van der Waals surface area contributed by atoms with E-state index in [9.17, 15) is 4.79 Å². The predicted octanol–water partition coefficient (Wildman–Crippen LogP) is 2.00. The molecule has 0 aromatic rings. The Balaban J connectivity index is 2.33. The molecular weight excluding hydrogens is 204 g/mol. The smallest absolute Gasteiger partial charge is 0.410 e. The average molecular weight is 228 g/mol. The van der Waals surface area contributed by atoms with Crippen molar-refractivity contribution in [2.45, 2.75) is 45.6 Å². The van der Waals surface area contributed by atoms with Gasteiger partial charge in [0.25, 0.3) is 0 Å². The van der Waals surface area contributed by atoms with E-state index >= 15 is 0 Å². The van der Waals surface area contributed by atoms with Crippen molar-refractivity contribution in [2.75, 3.05) is 26.2 Å². The molecule has 0 aliphatic carbocycles. The van der Waals surface area contributed by atoms with E-state index in [1.165, 1.54) is 0 Å². The summed E-state index contributed by atoms with van der Waals surface area (Å²) in [4.78, 5) is 13.6. The maximum absolute atomic E-state index is 11.8. The molecule has 4 nitrogen and oxygen atoms in total. The first-order valence-corrected chi connectivity index (χ1v) is 6.44. The van der Waals surface area contributed by atoms with E-state index in [1.807, 2.05) is 0 Å². The summed E-state index contributed by atoms with van der Waals surface area (Å²) in [5.74, 6) is 0. The third-order valence-electron chi connectivity index (χ3n) is 2.86. The van der Waals surface area contributed by atoms with Crippen LogP contribution in [0, 0.1) is 0 Å². The number of hydrogen-bond donors (Lipinski definition) is 1. The number of rotatable bonds is 5. The molecule has 0 spiro atoms. The summed E-state index contributed by atoms with van der Waals surface area (Å²) >= 11 is 0. The van der Waals surface area contributed by atoms with Gasteiger partial charge in [0.2, 0.25) is 0 Å². The van der Waals surface area contributed by atoms with Crippen LogP contribution < -0.4 is 5.32 Å². The average Bonchev–Trinajstić information content (AvgIpc) is 2.31. The van der Waals surface area contributed by atoms with Gasteiger partial charge in [-0.05, 0) is 12.8 Å². The molecule has 0 radical (unpaired) electrons. The number of carbonyl (C=O) groups is 1. The van der Waals surface area contributed by atoms with Gasteiger partial charge < -0.3 is 15.0 Å². The molecular formula is C12H24N2O2. The van der Waals surface area contributed by atoms with Crippen LogP contribution in [0.25, 0.3) is 0 Å². The first-order valence-electron chi connectivity index (χ1n) is 6.44. The quantitative estimate of drug-likeness (QED) is 0.782. The van der Waals surface area contributed by atoms with Crippen LogP contribution in [0.5, 0.6) is 0 Å². The molecule has 4 heteroatoms. The summed E-state index contributed by atoms with van der Waals surface area (Å²) in [5, 5.41) is 3.22. The minimum atomic E-state index is -0.131. The molecule has 1 saturated heterocycles. The second-order valence-electron chi connectivity index (χ2n) is 4.32. The van der Waals surface area contributed by atoms with Crippen LogP contribution in [0.1, 0.15) is 39.5 Å². The van der Waals surface area contributed by atoms with E-state index in [4.69, 9.17) is 4.74 Å². The fraction of sp³-hybridized carbons (Fsp3) is 0.917. The Morgan fingerprint density at radius 3 is 2.31 bits per heavy atom. The SMILES string of the molecule is CCCC(CCC)OC(=O)N1CCNCC1. The number of nitrogens with one attached hydrogen (secondary N) is 1. The Morgan fingerprint density at radius 1 is 1.25 bits per heavy atom. The maximum Gasteiger partial charge on any atom is 0.410 e. The van der Waals surface area contributed by atoms with Crippen LogP contribution in [-0.4, -0.2) is 43.3 Å². The largest absolute Gasteiger partial charge is 0.446 e. The van der Waals surface area contributed by atoms with E-state index < -0.39 is 0 Å². The van der Waals surface area contributed by atoms with Gasteiger partial charge in [0, 0.05) is 26.2 Å². The third-order valence-corrected chi connectivity index (χ3v) is 2.86. The van der Waals surface area contributed by atoms with Crippen LogP contribution in [-0.2, 0) is 4.74 Å². The van der Waals surface area contributed by atoms with Crippen molar-refractivity contribution in [3.63, 3.8) is 0 Å². The normalized spacial score (nSPS) is 16.6. The van der Waals surface area contributed by atoms with Crippen molar-refractivity contribution < 1.29 is 9.53 Å². The molecule has 94 valence electrons. The maximum atomic E-state index is 11.8. The number of amides is 1. The van der Waals surface area contributed by atoms with E-state index in [0.717, 1.165) is 51.9 Å². The summed E-state index contributed by atoms with van der Waals surface area (Å²) in [6.07, 6.45) is 4.07. The fourth-order valence-electron chi connectivity index (χ4n) is 1.97. The highest BCUT2D eigenvalue weighted by Crippen LogP contribution is 2.11. The molecule has 1 rings (SSSR count). The highest BCUT2D eigenvalue weighted by Gasteiger charge is 2.20. The van der Waals surface area contributed by atoms with E-state index in [0.29, 0.717) is 0 Å². The molecule has 0 aromatic heterocycles. The molecule has 1 N–H and O–H groups in total. The standard InChI is InChI=1S/C12H24N2O2/c1-3-5-11(6-4-2)16-12(15)14-9-7-13-8-10-14/h11,13H,3-10H2,1-2H3. The summed E-state index contributed by atoms with van der Waals surface area (Å²) in [6.45, 7) is 7.54. The molecule has 16 heavy (non-hydrogen) atoms. The lowest BCUT2D eigenvalue weighted by atomic mass is 10.1. The van der Waals surface area contributed by atoms with Crippen molar-refractivity contribution >= 4 is 6.09 Å². The minimum absolute atomic E-state index is 0.109. The van der Waals surface area contributed by atoms with Crippen molar-refractivity contribution in [1.29, 1.82) is 0 Å². The molecule has 0 bridgehead atoms. The Morgan fingerprint density at radius 2 is 1.81 bits per heavy atom. The van der Waals surface area contributed by atoms with Gasteiger partial charge in [0.1, 0.15) is 6.10 Å². The molecule has 1 heterocycles. The van der Waals surface area contributed by atoms with Gasteiger partial charge in [-0.2, -0.15) is 0 Å². The Kier molecular flexibility index (Phi) is 6.23. The molecule has 1 aliphatic rings. The van der Waals surface area contributed by atoms with Crippen LogP contribution >= 0.6 is 0 Å². The topological polar surface area (TPSA) is 41.6 Å². The van der Waals surface area contributed by atoms with Gasteiger partial charge in [-0.3, -0.25) is 0 Å². The molecule has 0 aromatic carbocycles. The van der Waals surface area contributed by atoms with E-state index in [-0.39, 0.29) is 12.2 Å². The Hall–Kier alpha value is -0.770. The van der Waals surface area contributed by atoms with Crippen LogP contribution in [0.3, 0.4) is 0 Å². The minimum Gasteiger partial charge on any atom is -0.446 e. The zero-order valence-electron chi connectivity index (χ0n) is 10.5. The highest BCUT2D eigenvalue weighted by molar-refractivity contribution is 5.68. The third kappa shape index (κ3) is 4.39. The number of nitrogens with zero attached hydrogens (tertiary/aromatic N) is 1. The van der Waals surface area contributed by atoms with Crippen molar-refractivity contribution in [3.05, 3.63) is 0 Å². The second-order valence-corrected chi connectivity index (χ2v) is 4.32. The van der Waals surface area contributed by atoms with E-state index in [2.05, 4.69) is 19.2 Å². The van der Waals surface area contributed by atoms with Crippen molar-refractivity contribution in [2.24, 2.45) is 0 Å². The lowest BCUT2D eigenvalue weighted by Gasteiger charge is -2.28.